The predicted molar refractivity (Wildman–Crippen MR) is 119 cm³/mol. The van der Waals surface area contributed by atoms with Crippen molar-refractivity contribution in [3.8, 4) is 0 Å². The van der Waals surface area contributed by atoms with Gasteiger partial charge in [0.15, 0.2) is 5.16 Å². The molecule has 0 saturated carbocycles. The van der Waals surface area contributed by atoms with E-state index in [2.05, 4.69) is 20.6 Å². The number of hydrogen-bond donors (Lipinski definition) is 2. The van der Waals surface area contributed by atoms with E-state index in [0.717, 1.165) is 23.0 Å². The zero-order valence-electron chi connectivity index (χ0n) is 17.0. The Hall–Kier alpha value is -2.71. The zero-order chi connectivity index (χ0) is 21.3. The van der Waals surface area contributed by atoms with Crippen LogP contribution in [0.3, 0.4) is 0 Å². The van der Waals surface area contributed by atoms with E-state index in [0.29, 0.717) is 30.5 Å². The van der Waals surface area contributed by atoms with Gasteiger partial charge in [0.2, 0.25) is 5.91 Å². The number of aromatic nitrogens is 2. The number of amides is 1. The number of halogens is 1. The van der Waals surface area contributed by atoms with Crippen LogP contribution < -0.4 is 10.6 Å². The predicted octanol–water partition coefficient (Wildman–Crippen LogP) is 4.54. The highest BCUT2D eigenvalue weighted by molar-refractivity contribution is 8.00. The normalized spacial score (nSPS) is 12.0. The van der Waals surface area contributed by atoms with Crippen LogP contribution in [0.4, 0.5) is 15.9 Å². The van der Waals surface area contributed by atoms with Crippen molar-refractivity contribution in [3.63, 3.8) is 0 Å². The summed E-state index contributed by atoms with van der Waals surface area (Å²) in [5, 5.41) is 7.24. The van der Waals surface area contributed by atoms with E-state index in [-0.39, 0.29) is 17.0 Å². The van der Waals surface area contributed by atoms with Crippen LogP contribution in [0, 0.1) is 5.82 Å². The Morgan fingerprint density at radius 1 is 1.17 bits per heavy atom. The number of hydrogen-bond acceptors (Lipinski definition) is 6. The molecule has 8 heteroatoms. The molecule has 0 bridgehead atoms. The lowest BCUT2D eigenvalue weighted by atomic mass is 10.2. The number of thioether (sulfide) groups is 1. The first-order valence-corrected chi connectivity index (χ1v) is 10.7. The van der Waals surface area contributed by atoms with Gasteiger partial charge in [0, 0.05) is 31.3 Å². The highest BCUT2D eigenvalue weighted by Gasteiger charge is 2.20. The molecule has 0 aliphatic rings. The monoisotopic (exact) mass is 428 g/mol. The molecule has 2 N–H and O–H groups in total. The maximum Gasteiger partial charge on any atom is 0.233 e. The third kappa shape index (κ3) is 5.90. The molecule has 0 saturated heterocycles. The quantitative estimate of drug-likeness (QED) is 0.281. The molecule has 6 nitrogen and oxygen atoms in total. The number of para-hydroxylation sites is 1. The van der Waals surface area contributed by atoms with Gasteiger partial charge in [-0.1, -0.05) is 30.8 Å². The summed E-state index contributed by atoms with van der Waals surface area (Å²) in [5.74, 6) is 0.278. The fraction of sp³-hybridized carbons (Fsp3) is 0.318. The lowest BCUT2D eigenvalue weighted by molar-refractivity contribution is -0.120. The van der Waals surface area contributed by atoms with Crippen LogP contribution >= 0.6 is 11.8 Å². The van der Waals surface area contributed by atoms with Crippen LogP contribution in [0.15, 0.2) is 53.7 Å². The van der Waals surface area contributed by atoms with Gasteiger partial charge in [-0.25, -0.2) is 14.4 Å². The summed E-state index contributed by atoms with van der Waals surface area (Å²) in [6, 6.07) is 13.7. The van der Waals surface area contributed by atoms with Crippen LogP contribution in [0.25, 0.3) is 10.9 Å². The van der Waals surface area contributed by atoms with Gasteiger partial charge in [0.05, 0.1) is 10.8 Å². The van der Waals surface area contributed by atoms with Crippen molar-refractivity contribution in [1.82, 2.24) is 15.3 Å². The average Bonchev–Trinajstić information content (AvgIpc) is 2.76. The Bertz CT molecular complexity index is 985. The first kappa shape index (κ1) is 22.0. The number of methoxy groups -OCH3 is 1. The van der Waals surface area contributed by atoms with Gasteiger partial charge in [0.25, 0.3) is 0 Å². The molecule has 158 valence electrons. The van der Waals surface area contributed by atoms with E-state index in [9.17, 15) is 9.18 Å². The van der Waals surface area contributed by atoms with Gasteiger partial charge in [-0.05, 0) is 49.2 Å². The first-order valence-electron chi connectivity index (χ1n) is 9.83. The van der Waals surface area contributed by atoms with Gasteiger partial charge in [0.1, 0.15) is 11.6 Å². The second kappa shape index (κ2) is 10.9. The highest BCUT2D eigenvalue weighted by atomic mass is 32.2. The second-order valence-corrected chi connectivity index (χ2v) is 7.83. The maximum atomic E-state index is 13.2. The van der Waals surface area contributed by atoms with E-state index in [1.54, 1.807) is 19.2 Å². The first-order chi connectivity index (χ1) is 14.6. The molecule has 1 atom stereocenters. The molecule has 3 aromatic rings. The van der Waals surface area contributed by atoms with E-state index in [1.807, 2.05) is 31.2 Å². The number of benzene rings is 2. The Labute approximate surface area is 179 Å². The molecule has 0 fully saturated rings. The molecular formula is C22H25FN4O2S. The van der Waals surface area contributed by atoms with E-state index in [4.69, 9.17) is 4.74 Å². The number of carbonyl (C=O) groups excluding carboxylic acids is 1. The third-order valence-electron chi connectivity index (χ3n) is 4.43. The van der Waals surface area contributed by atoms with Crippen molar-refractivity contribution in [1.29, 1.82) is 0 Å². The standard InChI is InChI=1S/C22H25FN4O2S/c1-3-19(21(28)24-13-6-14-29-2)30-22-26-18-8-5-4-7-17(18)20(27-22)25-16-11-9-15(23)10-12-16/h4-5,7-12,19H,3,6,13-14H2,1-2H3,(H,24,28)(H,25,26,27)/t19-/m0/s1. The second-order valence-electron chi connectivity index (χ2n) is 6.66. The molecule has 0 aliphatic heterocycles. The summed E-state index contributed by atoms with van der Waals surface area (Å²) < 4.78 is 18.2. The van der Waals surface area contributed by atoms with Crippen LogP contribution in [-0.2, 0) is 9.53 Å². The SMILES string of the molecule is CC[C@H](Sc1nc(Nc2ccc(F)cc2)c2ccccc2n1)C(=O)NCCCOC. The number of nitrogens with zero attached hydrogens (tertiary/aromatic N) is 2. The Kier molecular flexibility index (Phi) is 7.98. The number of carbonyl (C=O) groups is 1. The molecule has 0 aliphatic carbocycles. The van der Waals surface area contributed by atoms with E-state index >= 15 is 0 Å². The summed E-state index contributed by atoms with van der Waals surface area (Å²) in [4.78, 5) is 21.8. The fourth-order valence-electron chi connectivity index (χ4n) is 2.86. The topological polar surface area (TPSA) is 76.1 Å². The summed E-state index contributed by atoms with van der Waals surface area (Å²) in [5.41, 5.74) is 1.49. The van der Waals surface area contributed by atoms with Crippen LogP contribution in [-0.4, -0.2) is 41.4 Å². The molecule has 0 radical (unpaired) electrons. The van der Waals surface area contributed by atoms with Crippen LogP contribution in [0.1, 0.15) is 19.8 Å². The Morgan fingerprint density at radius 3 is 2.67 bits per heavy atom. The molecule has 1 amide bonds. The van der Waals surface area contributed by atoms with Crippen LogP contribution in [0.5, 0.6) is 0 Å². The molecule has 0 unspecified atom stereocenters. The van der Waals surface area contributed by atoms with Gasteiger partial charge in [-0.2, -0.15) is 0 Å². The van der Waals surface area contributed by atoms with Gasteiger partial charge >= 0.3 is 0 Å². The van der Waals surface area contributed by atoms with E-state index < -0.39 is 0 Å². The largest absolute Gasteiger partial charge is 0.385 e. The summed E-state index contributed by atoms with van der Waals surface area (Å²) in [6.07, 6.45) is 1.42. The number of nitrogens with one attached hydrogen (secondary N) is 2. The lowest BCUT2D eigenvalue weighted by Crippen LogP contribution is -2.33. The minimum absolute atomic E-state index is 0.0385. The average molecular weight is 429 g/mol. The van der Waals surface area contributed by atoms with Gasteiger partial charge in [-0.15, -0.1) is 0 Å². The van der Waals surface area contributed by atoms with Gasteiger partial charge < -0.3 is 15.4 Å². The van der Waals surface area contributed by atoms with Gasteiger partial charge in [-0.3, -0.25) is 4.79 Å². The molecule has 1 heterocycles. The summed E-state index contributed by atoms with van der Waals surface area (Å²) in [6.45, 7) is 3.14. The van der Waals surface area contributed by atoms with Crippen molar-refractivity contribution in [2.24, 2.45) is 0 Å². The number of fused-ring (bicyclic) bond motifs is 1. The Balaban J connectivity index is 1.81. The molecule has 2 aromatic carbocycles. The number of ether oxygens (including phenoxy) is 1. The smallest absolute Gasteiger partial charge is 0.233 e. The maximum absolute atomic E-state index is 13.2. The number of anilines is 2. The Morgan fingerprint density at radius 2 is 1.93 bits per heavy atom. The molecule has 0 spiro atoms. The van der Waals surface area contributed by atoms with Crippen molar-refractivity contribution < 1.29 is 13.9 Å². The summed E-state index contributed by atoms with van der Waals surface area (Å²) in [7, 11) is 1.64. The highest BCUT2D eigenvalue weighted by Crippen LogP contribution is 2.29. The van der Waals surface area contributed by atoms with Crippen molar-refractivity contribution >= 4 is 40.1 Å². The minimum atomic E-state index is -0.299. The zero-order valence-corrected chi connectivity index (χ0v) is 17.8. The molecule has 1 aromatic heterocycles. The fourth-order valence-corrected chi connectivity index (χ4v) is 3.77. The number of rotatable bonds is 10. The molecular weight excluding hydrogens is 403 g/mol. The van der Waals surface area contributed by atoms with Crippen molar-refractivity contribution in [2.45, 2.75) is 30.2 Å². The van der Waals surface area contributed by atoms with E-state index in [1.165, 1.54) is 23.9 Å². The molecule has 30 heavy (non-hydrogen) atoms. The van der Waals surface area contributed by atoms with Crippen molar-refractivity contribution in [2.75, 3.05) is 25.6 Å². The lowest BCUT2D eigenvalue weighted by Gasteiger charge is -2.15. The minimum Gasteiger partial charge on any atom is -0.385 e. The third-order valence-corrected chi connectivity index (χ3v) is 5.65. The summed E-state index contributed by atoms with van der Waals surface area (Å²) >= 11 is 1.34. The molecule has 3 rings (SSSR count). The van der Waals surface area contributed by atoms with Crippen molar-refractivity contribution in [3.05, 3.63) is 54.3 Å². The van der Waals surface area contributed by atoms with Crippen LogP contribution in [0.2, 0.25) is 0 Å².